The molecule has 0 N–H and O–H groups in total. The minimum absolute atomic E-state index is 0.0272. The average molecular weight is 262 g/mol. The molecule has 0 atom stereocenters. The zero-order valence-electron chi connectivity index (χ0n) is 5.83. The molecular weight excluding hydrogens is 255 g/mol. The monoisotopic (exact) mass is 262 g/mol. The first-order chi connectivity index (χ1) is 5.27. The molecule has 0 unspecified atom stereocenters. The van der Waals surface area contributed by atoms with Gasteiger partial charge in [-0.25, -0.2) is 4.68 Å². The Kier molecular flexibility index (Phi) is 1.71. The van der Waals surface area contributed by atoms with Crippen LogP contribution in [0.25, 0.3) is 0 Å². The molecule has 0 amide bonds. The molecule has 0 saturated heterocycles. The van der Waals surface area contributed by atoms with Crippen molar-refractivity contribution in [2.45, 2.75) is 18.9 Å². The van der Waals surface area contributed by atoms with Crippen LogP contribution in [-0.2, 0) is 0 Å². The summed E-state index contributed by atoms with van der Waals surface area (Å²) in [5.74, 6) is 0. The molecule has 1 aliphatic rings. The number of halogens is 1. The molecule has 1 aromatic rings. The molecule has 0 aromatic carbocycles. The Morgan fingerprint density at radius 3 is 2.91 bits per heavy atom. The Morgan fingerprint density at radius 1 is 1.64 bits per heavy atom. The fourth-order valence-corrected chi connectivity index (χ4v) is 1.38. The fraction of sp³-hybridized carbons (Fsp3) is 0.429. The van der Waals surface area contributed by atoms with Crippen LogP contribution in [-0.4, -0.2) is 9.78 Å². The first-order valence-electron chi connectivity index (χ1n) is 3.52. The van der Waals surface area contributed by atoms with Crippen molar-refractivity contribution < 1.29 is 0 Å². The van der Waals surface area contributed by atoms with Crippen molar-refractivity contribution in [2.24, 2.45) is 0 Å². The third kappa shape index (κ3) is 1.45. The molecule has 0 spiro atoms. The average Bonchev–Trinajstić information content (AvgIpc) is 2.70. The van der Waals surface area contributed by atoms with E-state index >= 15 is 0 Å². The van der Waals surface area contributed by atoms with Gasteiger partial charge in [-0.1, -0.05) is 0 Å². The van der Waals surface area contributed by atoms with Gasteiger partial charge in [0.1, 0.15) is 0 Å². The summed E-state index contributed by atoms with van der Waals surface area (Å²) in [5.41, 5.74) is 0.0272. The van der Waals surface area contributed by atoms with Crippen molar-refractivity contribution in [1.29, 1.82) is 0 Å². The van der Waals surface area contributed by atoms with E-state index < -0.39 is 0 Å². The molecule has 0 aliphatic heterocycles. The van der Waals surface area contributed by atoms with Gasteiger partial charge in [-0.05, 0) is 35.4 Å². The largest absolute Gasteiger partial charge is 0.268 e. The maximum Gasteiger partial charge on any atom is 0.268 e. The van der Waals surface area contributed by atoms with Gasteiger partial charge in [-0.2, -0.15) is 5.10 Å². The summed E-state index contributed by atoms with van der Waals surface area (Å²) in [4.78, 5) is 11.2. The molecule has 1 heterocycles. The highest BCUT2D eigenvalue weighted by atomic mass is 127. The lowest BCUT2D eigenvalue weighted by Gasteiger charge is -1.98. The Labute approximate surface area is 77.6 Å². The summed E-state index contributed by atoms with van der Waals surface area (Å²) < 4.78 is 2.48. The number of hydrogen-bond acceptors (Lipinski definition) is 2. The van der Waals surface area contributed by atoms with Crippen LogP contribution in [0.3, 0.4) is 0 Å². The number of hydrogen-bond donors (Lipinski definition) is 0. The molecule has 1 saturated carbocycles. The number of rotatable bonds is 1. The van der Waals surface area contributed by atoms with Crippen LogP contribution < -0.4 is 5.56 Å². The molecule has 11 heavy (non-hydrogen) atoms. The predicted molar refractivity (Wildman–Crippen MR) is 49.5 cm³/mol. The van der Waals surface area contributed by atoms with Gasteiger partial charge in [0.05, 0.1) is 12.2 Å². The van der Waals surface area contributed by atoms with Crippen molar-refractivity contribution in [3.05, 3.63) is 26.2 Å². The minimum Gasteiger partial charge on any atom is -0.268 e. The van der Waals surface area contributed by atoms with E-state index in [0.29, 0.717) is 6.04 Å². The summed E-state index contributed by atoms with van der Waals surface area (Å²) in [5, 5.41) is 4.04. The Bertz CT molecular complexity index is 329. The normalized spacial score (nSPS) is 16.8. The van der Waals surface area contributed by atoms with Gasteiger partial charge in [-0.3, -0.25) is 4.79 Å². The van der Waals surface area contributed by atoms with E-state index in [0.717, 1.165) is 16.4 Å². The lowest BCUT2D eigenvalue weighted by atomic mass is 10.5. The van der Waals surface area contributed by atoms with Gasteiger partial charge in [0.2, 0.25) is 0 Å². The topological polar surface area (TPSA) is 34.9 Å². The predicted octanol–water partition coefficient (Wildman–Crippen LogP) is 1.18. The molecule has 58 valence electrons. The third-order valence-electron chi connectivity index (χ3n) is 1.69. The van der Waals surface area contributed by atoms with Crippen LogP contribution >= 0.6 is 22.6 Å². The van der Waals surface area contributed by atoms with Crippen LogP contribution in [0.5, 0.6) is 0 Å². The fourth-order valence-electron chi connectivity index (χ4n) is 0.989. The Balaban J connectivity index is 2.48. The first-order valence-corrected chi connectivity index (χ1v) is 4.59. The van der Waals surface area contributed by atoms with Gasteiger partial charge < -0.3 is 0 Å². The number of nitrogens with zero attached hydrogens (tertiary/aromatic N) is 2. The molecule has 0 bridgehead atoms. The van der Waals surface area contributed by atoms with Crippen LogP contribution in [0.2, 0.25) is 0 Å². The molecule has 1 aliphatic carbocycles. The molecule has 1 fully saturated rings. The summed E-state index contributed by atoms with van der Waals surface area (Å²) in [6.07, 6.45) is 3.93. The van der Waals surface area contributed by atoms with Gasteiger partial charge in [-0.15, -0.1) is 0 Å². The van der Waals surface area contributed by atoms with Crippen molar-refractivity contribution in [1.82, 2.24) is 9.78 Å². The summed E-state index contributed by atoms with van der Waals surface area (Å²) >= 11 is 2.09. The van der Waals surface area contributed by atoms with Crippen LogP contribution in [0, 0.1) is 3.57 Å². The van der Waals surface area contributed by atoms with Crippen LogP contribution in [0.15, 0.2) is 17.1 Å². The molecule has 2 rings (SSSR count). The molecule has 3 nitrogen and oxygen atoms in total. The lowest BCUT2D eigenvalue weighted by molar-refractivity contribution is 0.597. The smallest absolute Gasteiger partial charge is 0.268 e. The van der Waals surface area contributed by atoms with E-state index in [9.17, 15) is 4.79 Å². The van der Waals surface area contributed by atoms with E-state index in [1.165, 1.54) is 0 Å². The quantitative estimate of drug-likeness (QED) is 0.712. The van der Waals surface area contributed by atoms with Crippen LogP contribution in [0.1, 0.15) is 18.9 Å². The van der Waals surface area contributed by atoms with E-state index in [4.69, 9.17) is 0 Å². The van der Waals surface area contributed by atoms with Gasteiger partial charge in [0.25, 0.3) is 5.56 Å². The lowest BCUT2D eigenvalue weighted by Crippen LogP contribution is -2.20. The molecular formula is C7H7IN2O. The van der Waals surface area contributed by atoms with Gasteiger partial charge in [0, 0.05) is 9.64 Å². The highest BCUT2D eigenvalue weighted by Crippen LogP contribution is 2.32. The second-order valence-electron chi connectivity index (χ2n) is 2.69. The van der Waals surface area contributed by atoms with Gasteiger partial charge >= 0.3 is 0 Å². The summed E-state index contributed by atoms with van der Waals surface area (Å²) in [6.45, 7) is 0. The SMILES string of the molecule is O=c1cc(I)cnn1C1CC1. The Hall–Kier alpha value is -0.390. The van der Waals surface area contributed by atoms with E-state index in [1.807, 2.05) is 0 Å². The van der Waals surface area contributed by atoms with E-state index in [1.54, 1.807) is 16.9 Å². The summed E-state index contributed by atoms with van der Waals surface area (Å²) in [7, 11) is 0. The number of aromatic nitrogens is 2. The van der Waals surface area contributed by atoms with Crippen molar-refractivity contribution >= 4 is 22.6 Å². The zero-order valence-corrected chi connectivity index (χ0v) is 7.98. The minimum atomic E-state index is 0.0272. The van der Waals surface area contributed by atoms with E-state index in [-0.39, 0.29) is 5.56 Å². The second-order valence-corrected chi connectivity index (χ2v) is 3.93. The molecule has 4 heteroatoms. The highest BCUT2D eigenvalue weighted by molar-refractivity contribution is 14.1. The maximum absolute atomic E-state index is 11.2. The molecule has 0 radical (unpaired) electrons. The Morgan fingerprint density at radius 2 is 2.36 bits per heavy atom. The standard InChI is InChI=1S/C7H7IN2O/c8-5-3-7(11)10(9-4-5)6-1-2-6/h3-4,6H,1-2H2. The third-order valence-corrected chi connectivity index (χ3v) is 2.28. The second kappa shape index (κ2) is 2.58. The van der Waals surface area contributed by atoms with E-state index in [2.05, 4.69) is 27.7 Å². The molecule has 1 aromatic heterocycles. The van der Waals surface area contributed by atoms with Crippen molar-refractivity contribution in [3.8, 4) is 0 Å². The maximum atomic E-state index is 11.2. The van der Waals surface area contributed by atoms with Crippen LogP contribution in [0.4, 0.5) is 0 Å². The summed E-state index contributed by atoms with van der Waals surface area (Å²) in [6, 6.07) is 2.01. The van der Waals surface area contributed by atoms with Crippen molar-refractivity contribution in [3.63, 3.8) is 0 Å². The highest BCUT2D eigenvalue weighted by Gasteiger charge is 2.25. The first kappa shape index (κ1) is 7.27. The van der Waals surface area contributed by atoms with Gasteiger partial charge in [0.15, 0.2) is 0 Å². The van der Waals surface area contributed by atoms with Crippen molar-refractivity contribution in [2.75, 3.05) is 0 Å². The zero-order chi connectivity index (χ0) is 7.84.